The number of nitrogens with one attached hydrogen (secondary N) is 2. The summed E-state index contributed by atoms with van der Waals surface area (Å²) in [7, 11) is -4.00. The van der Waals surface area contributed by atoms with E-state index in [0.29, 0.717) is 5.69 Å². The molecule has 0 saturated carbocycles. The fraction of sp³-hybridized carbons (Fsp3) is 0.240. The second-order valence-corrected chi connectivity index (χ2v) is 9.93. The number of anilines is 1. The summed E-state index contributed by atoms with van der Waals surface area (Å²) in [5.74, 6) is 0.348. The van der Waals surface area contributed by atoms with Crippen LogP contribution in [0.25, 0.3) is 0 Å². The Morgan fingerprint density at radius 3 is 2.48 bits per heavy atom. The Morgan fingerprint density at radius 1 is 0.970 bits per heavy atom. The van der Waals surface area contributed by atoms with Crippen LogP contribution >= 0.6 is 11.6 Å². The van der Waals surface area contributed by atoms with Gasteiger partial charge in [-0.1, -0.05) is 35.9 Å². The van der Waals surface area contributed by atoms with Crippen molar-refractivity contribution in [1.82, 2.24) is 5.32 Å². The van der Waals surface area contributed by atoms with Gasteiger partial charge in [0.1, 0.15) is 17.3 Å². The molecule has 0 aliphatic carbocycles. The number of hydrogen-bond donors (Lipinski definition) is 2. The third kappa shape index (κ3) is 6.06. The average Bonchev–Trinajstić information content (AvgIpc) is 2.76. The molecular weight excluding hydrogens is 460 g/mol. The zero-order valence-corrected chi connectivity index (χ0v) is 20.6. The number of halogens is 1. The second-order valence-electron chi connectivity index (χ2n) is 7.87. The lowest BCUT2D eigenvalue weighted by molar-refractivity contribution is 0.0946. The summed E-state index contributed by atoms with van der Waals surface area (Å²) < 4.78 is 34.3. The molecule has 33 heavy (non-hydrogen) atoms. The summed E-state index contributed by atoms with van der Waals surface area (Å²) in [4.78, 5) is 12.4. The van der Waals surface area contributed by atoms with Crippen LogP contribution in [0.3, 0.4) is 0 Å². The summed E-state index contributed by atoms with van der Waals surface area (Å²) in [5, 5.41) is 2.78. The van der Waals surface area contributed by atoms with Gasteiger partial charge in [0.05, 0.1) is 17.3 Å². The second kappa shape index (κ2) is 10.3. The molecule has 3 aromatic carbocycles. The predicted molar refractivity (Wildman–Crippen MR) is 132 cm³/mol. The SMILES string of the molecule is Cc1ccc(C)c(NS(=O)(=O)c2cc(C(=O)NCCOc3cccc(C)c3C)ccc2Cl)c1. The number of ether oxygens (including phenoxy) is 1. The van der Waals surface area contributed by atoms with Crippen LogP contribution < -0.4 is 14.8 Å². The van der Waals surface area contributed by atoms with Gasteiger partial charge in [-0.25, -0.2) is 8.42 Å². The first-order valence-corrected chi connectivity index (χ1v) is 12.3. The molecule has 0 heterocycles. The number of aryl methyl sites for hydroxylation is 3. The molecule has 6 nitrogen and oxygen atoms in total. The maximum atomic E-state index is 13.0. The first-order valence-electron chi connectivity index (χ1n) is 10.5. The summed E-state index contributed by atoms with van der Waals surface area (Å²) in [6, 6.07) is 15.4. The normalized spacial score (nSPS) is 11.2. The maximum absolute atomic E-state index is 13.0. The van der Waals surface area contributed by atoms with Gasteiger partial charge in [-0.2, -0.15) is 0 Å². The molecule has 0 unspecified atom stereocenters. The quantitative estimate of drug-likeness (QED) is 0.429. The third-order valence-corrected chi connectivity index (χ3v) is 7.17. The highest BCUT2D eigenvalue weighted by Crippen LogP contribution is 2.27. The van der Waals surface area contributed by atoms with Gasteiger partial charge in [-0.15, -0.1) is 0 Å². The van der Waals surface area contributed by atoms with Gasteiger partial charge in [0.25, 0.3) is 15.9 Å². The fourth-order valence-corrected chi connectivity index (χ4v) is 4.85. The number of carbonyl (C=O) groups is 1. The molecular formula is C25H27ClN2O4S. The molecule has 0 aromatic heterocycles. The highest BCUT2D eigenvalue weighted by molar-refractivity contribution is 7.92. The largest absolute Gasteiger partial charge is 0.491 e. The van der Waals surface area contributed by atoms with Crippen molar-refractivity contribution in [2.75, 3.05) is 17.9 Å². The Morgan fingerprint density at radius 2 is 1.73 bits per heavy atom. The zero-order chi connectivity index (χ0) is 24.2. The van der Waals surface area contributed by atoms with E-state index in [0.717, 1.165) is 28.0 Å². The highest BCUT2D eigenvalue weighted by atomic mass is 35.5. The van der Waals surface area contributed by atoms with Crippen molar-refractivity contribution in [3.63, 3.8) is 0 Å². The summed E-state index contributed by atoms with van der Waals surface area (Å²) in [6.07, 6.45) is 0. The van der Waals surface area contributed by atoms with Crippen molar-refractivity contribution in [3.8, 4) is 5.75 Å². The Kier molecular flexibility index (Phi) is 7.66. The van der Waals surface area contributed by atoms with Crippen LogP contribution in [0.4, 0.5) is 5.69 Å². The van der Waals surface area contributed by atoms with Crippen LogP contribution in [-0.2, 0) is 10.0 Å². The van der Waals surface area contributed by atoms with Crippen molar-refractivity contribution >= 4 is 33.2 Å². The van der Waals surface area contributed by atoms with E-state index in [1.807, 2.05) is 58.0 Å². The highest BCUT2D eigenvalue weighted by Gasteiger charge is 2.21. The number of amides is 1. The number of benzene rings is 3. The molecule has 0 aliphatic heterocycles. The van der Waals surface area contributed by atoms with Gasteiger partial charge in [0.15, 0.2) is 0 Å². The van der Waals surface area contributed by atoms with Crippen molar-refractivity contribution in [1.29, 1.82) is 0 Å². The van der Waals surface area contributed by atoms with Gasteiger partial charge in [-0.3, -0.25) is 9.52 Å². The molecule has 0 spiro atoms. The van der Waals surface area contributed by atoms with E-state index < -0.39 is 15.9 Å². The van der Waals surface area contributed by atoms with Gasteiger partial charge < -0.3 is 10.1 Å². The molecule has 3 aromatic rings. The van der Waals surface area contributed by atoms with Crippen LogP contribution in [-0.4, -0.2) is 27.5 Å². The molecule has 1 amide bonds. The van der Waals surface area contributed by atoms with E-state index in [4.69, 9.17) is 16.3 Å². The molecule has 174 valence electrons. The lowest BCUT2D eigenvalue weighted by Gasteiger charge is -2.14. The topological polar surface area (TPSA) is 84.5 Å². The zero-order valence-electron chi connectivity index (χ0n) is 19.0. The Hall–Kier alpha value is -3.03. The predicted octanol–water partition coefficient (Wildman–Crippen LogP) is 5.18. The van der Waals surface area contributed by atoms with Crippen molar-refractivity contribution in [2.45, 2.75) is 32.6 Å². The van der Waals surface area contributed by atoms with Crippen molar-refractivity contribution in [3.05, 3.63) is 87.4 Å². The molecule has 8 heteroatoms. The summed E-state index contributed by atoms with van der Waals surface area (Å²) >= 11 is 6.17. The maximum Gasteiger partial charge on any atom is 0.263 e. The number of carbonyl (C=O) groups excluding carboxylic acids is 1. The fourth-order valence-electron chi connectivity index (χ4n) is 3.20. The first kappa shape index (κ1) is 24.6. The first-order chi connectivity index (χ1) is 15.6. The summed E-state index contributed by atoms with van der Waals surface area (Å²) in [5.41, 5.74) is 4.52. The van der Waals surface area contributed by atoms with E-state index >= 15 is 0 Å². The van der Waals surface area contributed by atoms with E-state index in [1.54, 1.807) is 6.07 Å². The average molecular weight is 487 g/mol. The summed E-state index contributed by atoms with van der Waals surface area (Å²) in [6.45, 7) is 8.21. The Balaban J connectivity index is 1.69. The van der Waals surface area contributed by atoms with E-state index in [9.17, 15) is 13.2 Å². The van der Waals surface area contributed by atoms with Crippen molar-refractivity contribution < 1.29 is 17.9 Å². The van der Waals surface area contributed by atoms with E-state index in [2.05, 4.69) is 10.0 Å². The van der Waals surface area contributed by atoms with Crippen LogP contribution in [0.5, 0.6) is 5.75 Å². The van der Waals surface area contributed by atoms with Crippen LogP contribution in [0, 0.1) is 27.7 Å². The molecule has 0 radical (unpaired) electrons. The minimum atomic E-state index is -4.00. The lowest BCUT2D eigenvalue weighted by atomic mass is 10.1. The van der Waals surface area contributed by atoms with Gasteiger partial charge in [0.2, 0.25) is 0 Å². The number of sulfonamides is 1. The van der Waals surface area contributed by atoms with Gasteiger partial charge >= 0.3 is 0 Å². The van der Waals surface area contributed by atoms with E-state index in [-0.39, 0.29) is 28.6 Å². The minimum absolute atomic E-state index is 0.0302. The van der Waals surface area contributed by atoms with Crippen LogP contribution in [0.15, 0.2) is 59.5 Å². The molecule has 3 rings (SSSR count). The Bertz CT molecular complexity index is 1290. The van der Waals surface area contributed by atoms with Gasteiger partial charge in [-0.05, 0) is 80.3 Å². The van der Waals surface area contributed by atoms with Crippen molar-refractivity contribution in [2.24, 2.45) is 0 Å². The third-order valence-electron chi connectivity index (χ3n) is 5.32. The van der Waals surface area contributed by atoms with Crippen LogP contribution in [0.1, 0.15) is 32.6 Å². The number of hydrogen-bond acceptors (Lipinski definition) is 4. The molecule has 0 aliphatic rings. The van der Waals surface area contributed by atoms with Crippen LogP contribution in [0.2, 0.25) is 5.02 Å². The standard InChI is InChI=1S/C25H27ClN2O4S/c1-16-8-9-18(3)22(14-16)28-33(30,31)24-15-20(10-11-21(24)26)25(29)27-12-13-32-23-7-5-6-17(2)19(23)4/h5-11,14-15,28H,12-13H2,1-4H3,(H,27,29). The monoisotopic (exact) mass is 486 g/mol. The molecule has 0 saturated heterocycles. The van der Waals surface area contributed by atoms with Gasteiger partial charge in [0, 0.05) is 5.56 Å². The number of rotatable bonds is 8. The minimum Gasteiger partial charge on any atom is -0.491 e. The molecule has 0 fully saturated rings. The molecule has 2 N–H and O–H groups in total. The molecule has 0 bridgehead atoms. The smallest absolute Gasteiger partial charge is 0.263 e. The molecule has 0 atom stereocenters. The lowest BCUT2D eigenvalue weighted by Crippen LogP contribution is -2.28. The van der Waals surface area contributed by atoms with E-state index in [1.165, 1.54) is 18.2 Å². The Labute approximate surface area is 200 Å².